The summed E-state index contributed by atoms with van der Waals surface area (Å²) < 4.78 is 0. The number of carboxylic acid groups (broad SMARTS) is 1. The smallest absolute Gasteiger partial charge is 0.326 e. The summed E-state index contributed by atoms with van der Waals surface area (Å²) in [5.41, 5.74) is 0. The Kier molecular flexibility index (Phi) is 5.61. The van der Waals surface area contributed by atoms with Gasteiger partial charge in [0.05, 0.1) is 0 Å². The molecule has 17 heavy (non-hydrogen) atoms. The van der Waals surface area contributed by atoms with Crippen molar-refractivity contribution in [3.63, 3.8) is 0 Å². The molecule has 0 aliphatic carbocycles. The first-order chi connectivity index (χ1) is 8.02. The Morgan fingerprint density at radius 2 is 2.00 bits per heavy atom. The molecule has 2 N–H and O–H groups in total. The molecule has 0 bridgehead atoms. The van der Waals surface area contributed by atoms with E-state index in [2.05, 4.69) is 5.32 Å². The molecule has 0 aromatic carbocycles. The average molecular weight is 260 g/mol. The first-order valence-corrected chi connectivity index (χ1v) is 7.04. The molecule has 0 aromatic rings. The molecule has 2 amide bonds. The van der Waals surface area contributed by atoms with Crippen LogP contribution >= 0.6 is 11.8 Å². The van der Waals surface area contributed by atoms with Crippen LogP contribution in [0.3, 0.4) is 0 Å². The van der Waals surface area contributed by atoms with E-state index in [0.29, 0.717) is 13.1 Å². The van der Waals surface area contributed by atoms with Gasteiger partial charge in [-0.05, 0) is 18.1 Å². The molecule has 1 aliphatic heterocycles. The number of rotatable bonds is 3. The summed E-state index contributed by atoms with van der Waals surface area (Å²) in [6.07, 6.45) is 0.970. The molecule has 98 valence electrons. The van der Waals surface area contributed by atoms with E-state index in [9.17, 15) is 9.59 Å². The highest BCUT2D eigenvalue weighted by Crippen LogP contribution is 2.10. The number of urea groups is 1. The van der Waals surface area contributed by atoms with Crippen molar-refractivity contribution in [3.8, 4) is 0 Å². The molecule has 0 aromatic heterocycles. The van der Waals surface area contributed by atoms with Gasteiger partial charge in [-0.15, -0.1) is 0 Å². The van der Waals surface area contributed by atoms with Gasteiger partial charge in [0.1, 0.15) is 6.04 Å². The number of aliphatic carboxylic acids is 1. The molecule has 1 fully saturated rings. The van der Waals surface area contributed by atoms with Crippen molar-refractivity contribution in [2.45, 2.75) is 26.3 Å². The molecule has 0 radical (unpaired) electrons. The van der Waals surface area contributed by atoms with E-state index in [4.69, 9.17) is 5.11 Å². The van der Waals surface area contributed by atoms with Gasteiger partial charge in [-0.2, -0.15) is 11.8 Å². The Morgan fingerprint density at radius 1 is 1.29 bits per heavy atom. The van der Waals surface area contributed by atoms with Gasteiger partial charge in [0.2, 0.25) is 0 Å². The Hall–Kier alpha value is -0.910. The molecular formula is C11H20N2O3S. The summed E-state index contributed by atoms with van der Waals surface area (Å²) in [5, 5.41) is 11.6. The Labute approximate surface area is 106 Å². The zero-order valence-electron chi connectivity index (χ0n) is 10.3. The lowest BCUT2D eigenvalue weighted by molar-refractivity contribution is -0.140. The largest absolute Gasteiger partial charge is 0.480 e. The van der Waals surface area contributed by atoms with Crippen LogP contribution in [-0.4, -0.2) is 52.6 Å². The zero-order valence-corrected chi connectivity index (χ0v) is 11.1. The summed E-state index contributed by atoms with van der Waals surface area (Å²) in [7, 11) is 0. The Balaban J connectivity index is 2.53. The van der Waals surface area contributed by atoms with Crippen LogP contribution in [0.4, 0.5) is 4.79 Å². The second-order valence-corrected chi connectivity index (χ2v) is 5.69. The predicted molar refractivity (Wildman–Crippen MR) is 68.3 cm³/mol. The minimum Gasteiger partial charge on any atom is -0.480 e. The van der Waals surface area contributed by atoms with Gasteiger partial charge in [-0.3, -0.25) is 0 Å². The maximum absolute atomic E-state index is 11.9. The number of thioether (sulfide) groups is 1. The van der Waals surface area contributed by atoms with E-state index < -0.39 is 12.0 Å². The molecular weight excluding hydrogens is 240 g/mol. The second kappa shape index (κ2) is 6.74. The summed E-state index contributed by atoms with van der Waals surface area (Å²) in [6, 6.07) is -1.06. The minimum absolute atomic E-state index is 0.113. The average Bonchev–Trinajstić information content (AvgIpc) is 2.52. The standard InChI is InChI=1S/C11H20N2O3S/c1-8(2)9(10(14)15)12-11(16)13-4-3-6-17-7-5-13/h8-9H,3-7H2,1-2H3,(H,12,16)(H,14,15). The lowest BCUT2D eigenvalue weighted by Gasteiger charge is -2.25. The van der Waals surface area contributed by atoms with Crippen molar-refractivity contribution >= 4 is 23.8 Å². The monoisotopic (exact) mass is 260 g/mol. The minimum atomic E-state index is -0.974. The molecule has 1 unspecified atom stereocenters. The quantitative estimate of drug-likeness (QED) is 0.801. The highest BCUT2D eigenvalue weighted by atomic mass is 32.2. The summed E-state index contributed by atoms with van der Waals surface area (Å²) >= 11 is 1.83. The number of nitrogens with zero attached hydrogens (tertiary/aromatic N) is 1. The van der Waals surface area contributed by atoms with Gasteiger partial charge in [0, 0.05) is 18.8 Å². The SMILES string of the molecule is CC(C)C(NC(=O)N1CCCSCC1)C(=O)O. The van der Waals surface area contributed by atoms with Gasteiger partial charge < -0.3 is 15.3 Å². The van der Waals surface area contributed by atoms with E-state index in [-0.39, 0.29) is 11.9 Å². The lowest BCUT2D eigenvalue weighted by atomic mass is 10.1. The van der Waals surface area contributed by atoms with Gasteiger partial charge in [0.25, 0.3) is 0 Å². The molecule has 1 saturated heterocycles. The molecule has 1 aliphatic rings. The highest BCUT2D eigenvalue weighted by Gasteiger charge is 2.26. The van der Waals surface area contributed by atoms with Gasteiger partial charge in [-0.25, -0.2) is 9.59 Å². The first kappa shape index (κ1) is 14.2. The summed E-state index contributed by atoms with van der Waals surface area (Å²) in [6.45, 7) is 4.99. The highest BCUT2D eigenvalue weighted by molar-refractivity contribution is 7.99. The van der Waals surface area contributed by atoms with Crippen LogP contribution in [0.2, 0.25) is 0 Å². The fraction of sp³-hybridized carbons (Fsp3) is 0.818. The summed E-state index contributed by atoms with van der Waals surface area (Å²) in [5.74, 6) is 0.902. The molecule has 6 heteroatoms. The zero-order chi connectivity index (χ0) is 12.8. The van der Waals surface area contributed by atoms with Crippen LogP contribution in [0.15, 0.2) is 0 Å². The molecule has 0 saturated carbocycles. The van der Waals surface area contributed by atoms with Crippen molar-refractivity contribution < 1.29 is 14.7 Å². The third-order valence-corrected chi connectivity index (χ3v) is 3.77. The van der Waals surface area contributed by atoms with Crippen molar-refractivity contribution in [2.75, 3.05) is 24.6 Å². The van der Waals surface area contributed by atoms with Crippen molar-refractivity contribution in [1.29, 1.82) is 0 Å². The Morgan fingerprint density at radius 3 is 2.59 bits per heavy atom. The van der Waals surface area contributed by atoms with Crippen LogP contribution < -0.4 is 5.32 Å². The fourth-order valence-electron chi connectivity index (χ4n) is 1.69. The Bertz CT molecular complexity index is 276. The van der Waals surface area contributed by atoms with Crippen LogP contribution in [0.5, 0.6) is 0 Å². The van der Waals surface area contributed by atoms with Gasteiger partial charge >= 0.3 is 12.0 Å². The van der Waals surface area contributed by atoms with E-state index in [1.807, 2.05) is 11.8 Å². The maximum Gasteiger partial charge on any atom is 0.326 e. The first-order valence-electron chi connectivity index (χ1n) is 5.88. The number of amides is 2. The third kappa shape index (κ3) is 4.46. The van der Waals surface area contributed by atoms with Gasteiger partial charge in [-0.1, -0.05) is 13.8 Å². The van der Waals surface area contributed by atoms with Crippen molar-refractivity contribution in [2.24, 2.45) is 5.92 Å². The van der Waals surface area contributed by atoms with E-state index in [1.165, 1.54) is 0 Å². The molecule has 1 rings (SSSR count). The van der Waals surface area contributed by atoms with Crippen LogP contribution in [0, 0.1) is 5.92 Å². The van der Waals surface area contributed by atoms with E-state index in [1.54, 1.807) is 18.7 Å². The topological polar surface area (TPSA) is 69.6 Å². The number of hydrogen-bond acceptors (Lipinski definition) is 3. The number of carboxylic acids is 1. The van der Waals surface area contributed by atoms with Crippen LogP contribution in [0.1, 0.15) is 20.3 Å². The normalized spacial score (nSPS) is 18.6. The number of hydrogen-bond donors (Lipinski definition) is 2. The predicted octanol–water partition coefficient (Wildman–Crippen LogP) is 1.24. The van der Waals surface area contributed by atoms with Gasteiger partial charge in [0.15, 0.2) is 0 Å². The van der Waals surface area contributed by atoms with E-state index >= 15 is 0 Å². The fourth-order valence-corrected chi connectivity index (χ4v) is 2.57. The third-order valence-electron chi connectivity index (χ3n) is 2.72. The maximum atomic E-state index is 11.9. The lowest BCUT2D eigenvalue weighted by Crippen LogP contribution is -2.50. The molecule has 1 atom stereocenters. The van der Waals surface area contributed by atoms with Crippen LogP contribution in [-0.2, 0) is 4.79 Å². The summed E-state index contributed by atoms with van der Waals surface area (Å²) in [4.78, 5) is 24.6. The molecule has 1 heterocycles. The number of carbonyl (C=O) groups excluding carboxylic acids is 1. The number of nitrogens with one attached hydrogen (secondary N) is 1. The second-order valence-electron chi connectivity index (χ2n) is 4.46. The van der Waals surface area contributed by atoms with Crippen molar-refractivity contribution in [3.05, 3.63) is 0 Å². The number of carbonyl (C=O) groups is 2. The molecule has 0 spiro atoms. The van der Waals surface area contributed by atoms with Crippen LogP contribution in [0.25, 0.3) is 0 Å². The molecule has 5 nitrogen and oxygen atoms in total. The van der Waals surface area contributed by atoms with Crippen molar-refractivity contribution in [1.82, 2.24) is 10.2 Å². The van der Waals surface area contributed by atoms with E-state index in [0.717, 1.165) is 17.9 Å².